The van der Waals surface area contributed by atoms with Gasteiger partial charge in [-0.3, -0.25) is 9.59 Å². The van der Waals surface area contributed by atoms with Gasteiger partial charge in [0, 0.05) is 51.6 Å². The predicted molar refractivity (Wildman–Crippen MR) is 142 cm³/mol. The molecule has 0 aromatic heterocycles. The Hall–Kier alpha value is -3.79. The summed E-state index contributed by atoms with van der Waals surface area (Å²) < 4.78 is 19.0. The number of ether oxygens (including phenoxy) is 3. The van der Waals surface area contributed by atoms with Crippen molar-refractivity contribution >= 4 is 23.9 Å². The summed E-state index contributed by atoms with van der Waals surface area (Å²) in [5, 5.41) is 11.8. The fourth-order valence-corrected chi connectivity index (χ4v) is 5.28. The topological polar surface area (TPSA) is 114 Å². The fourth-order valence-electron chi connectivity index (χ4n) is 5.28. The highest BCUT2D eigenvalue weighted by atomic mass is 16.8. The summed E-state index contributed by atoms with van der Waals surface area (Å²) in [4.78, 5) is 39.7. The van der Waals surface area contributed by atoms with Gasteiger partial charge in [-0.15, -0.1) is 0 Å². The van der Waals surface area contributed by atoms with E-state index in [1.165, 1.54) is 11.0 Å². The van der Waals surface area contributed by atoms with Gasteiger partial charge in [0.2, 0.25) is 11.8 Å². The Morgan fingerprint density at radius 3 is 2.46 bits per heavy atom. The van der Waals surface area contributed by atoms with Crippen LogP contribution >= 0.6 is 0 Å². The minimum Gasteiger partial charge on any atom is -0.456 e. The summed E-state index contributed by atoms with van der Waals surface area (Å²) >= 11 is 0. The summed E-state index contributed by atoms with van der Waals surface area (Å²) in [5.41, 5.74) is 3.51. The van der Waals surface area contributed by atoms with Crippen LogP contribution in [0.3, 0.4) is 0 Å². The number of hydrogen-bond donors (Lipinski definition) is 2. The lowest BCUT2D eigenvalue weighted by Gasteiger charge is -2.30. The van der Waals surface area contributed by atoms with E-state index in [-0.39, 0.29) is 31.4 Å². The monoisotopic (exact) mass is 532 g/mol. The van der Waals surface area contributed by atoms with Crippen molar-refractivity contribution in [3.63, 3.8) is 0 Å². The number of nitrogens with zero attached hydrogens (tertiary/aromatic N) is 1. The van der Waals surface area contributed by atoms with E-state index < -0.39 is 30.1 Å². The van der Waals surface area contributed by atoms with Gasteiger partial charge in [-0.1, -0.05) is 42.5 Å². The van der Waals surface area contributed by atoms with E-state index in [0.717, 1.165) is 11.1 Å². The summed E-state index contributed by atoms with van der Waals surface area (Å²) in [6.07, 6.45) is 3.99. The largest absolute Gasteiger partial charge is 0.456 e. The third-order valence-corrected chi connectivity index (χ3v) is 7.19. The molecule has 2 N–H and O–H groups in total. The fraction of sp³-hybridized carbons (Fsp3) is 0.367. The van der Waals surface area contributed by atoms with Gasteiger partial charge in [0.15, 0.2) is 5.79 Å². The molecule has 1 heterocycles. The first-order valence-corrected chi connectivity index (χ1v) is 13.0. The number of likely N-dealkylation sites (N-methyl/N-ethyl adjacent to an activating group) is 1. The van der Waals surface area contributed by atoms with Crippen LogP contribution in [0, 0.1) is 0 Å². The van der Waals surface area contributed by atoms with Crippen molar-refractivity contribution in [3.05, 3.63) is 88.5 Å². The highest BCUT2D eigenvalue weighted by molar-refractivity contribution is 5.97. The molecule has 0 saturated carbocycles. The van der Waals surface area contributed by atoms with E-state index in [1.54, 1.807) is 50.5 Å². The maximum Gasteiger partial charge on any atom is 0.339 e. The number of hydrogen-bond acceptors (Lipinski definition) is 7. The minimum absolute atomic E-state index is 0.108. The average Bonchev–Trinajstić information content (AvgIpc) is 3.48. The highest BCUT2D eigenvalue weighted by Gasteiger charge is 2.55. The molecule has 1 aliphatic heterocycles. The van der Waals surface area contributed by atoms with Crippen molar-refractivity contribution in [2.24, 2.45) is 0 Å². The Kier molecular flexibility index (Phi) is 7.65. The zero-order valence-corrected chi connectivity index (χ0v) is 22.0. The lowest BCUT2D eigenvalue weighted by atomic mass is 9.91. The van der Waals surface area contributed by atoms with Crippen LogP contribution in [-0.2, 0) is 36.6 Å². The molecule has 204 valence electrons. The van der Waals surface area contributed by atoms with Crippen molar-refractivity contribution in [3.8, 4) is 0 Å². The van der Waals surface area contributed by atoms with Gasteiger partial charge in [-0.2, -0.15) is 0 Å². The van der Waals surface area contributed by atoms with Gasteiger partial charge < -0.3 is 29.5 Å². The summed E-state index contributed by atoms with van der Waals surface area (Å²) in [5.74, 6) is -2.05. The van der Waals surface area contributed by atoms with Gasteiger partial charge in [-0.05, 0) is 34.9 Å². The first-order valence-electron chi connectivity index (χ1n) is 13.0. The van der Waals surface area contributed by atoms with E-state index >= 15 is 0 Å². The number of aliphatic hydroxyl groups excluding tert-OH is 1. The molecule has 0 unspecified atom stereocenters. The number of aliphatic hydroxyl groups is 1. The third kappa shape index (κ3) is 5.66. The van der Waals surface area contributed by atoms with Crippen LogP contribution in [-0.4, -0.2) is 79.1 Å². The van der Waals surface area contributed by atoms with Gasteiger partial charge in [-0.25, -0.2) is 4.79 Å². The smallest absolute Gasteiger partial charge is 0.339 e. The van der Waals surface area contributed by atoms with Crippen LogP contribution in [0.2, 0.25) is 0 Å². The Labute approximate surface area is 227 Å². The van der Waals surface area contributed by atoms with E-state index in [9.17, 15) is 14.4 Å². The van der Waals surface area contributed by atoms with Crippen molar-refractivity contribution < 1.29 is 33.7 Å². The molecule has 5 rings (SSSR count). The third-order valence-electron chi connectivity index (χ3n) is 7.19. The molecular weight excluding hydrogens is 500 g/mol. The van der Waals surface area contributed by atoms with Crippen molar-refractivity contribution in [2.75, 3.05) is 27.2 Å². The molecular formula is C30H32N2O7. The van der Waals surface area contributed by atoms with Gasteiger partial charge in [0.05, 0.1) is 12.2 Å². The van der Waals surface area contributed by atoms with Crippen LogP contribution in [0.4, 0.5) is 0 Å². The normalized spacial score (nSPS) is 22.7. The number of rotatable bonds is 7. The molecule has 2 aliphatic carbocycles. The summed E-state index contributed by atoms with van der Waals surface area (Å²) in [6, 6.07) is 14.9. The number of carbonyl (C=O) groups excluding carboxylic acids is 3. The lowest BCUT2D eigenvalue weighted by molar-refractivity contribution is -0.172. The first kappa shape index (κ1) is 26.8. The van der Waals surface area contributed by atoms with Crippen LogP contribution in [0.15, 0.2) is 66.3 Å². The Morgan fingerprint density at radius 2 is 1.77 bits per heavy atom. The SMILES string of the molecule is CN(C)C(=O)C=Cc1ccccc1C(=O)O[C@@H]1CC(C(=O)NCCO)=C[C@H]2OC3(Cc4ccccc4C3)O[C@H]21. The van der Waals surface area contributed by atoms with Crippen molar-refractivity contribution in [2.45, 2.75) is 43.4 Å². The van der Waals surface area contributed by atoms with E-state index in [0.29, 0.717) is 29.5 Å². The number of fused-ring (bicyclic) bond motifs is 2. The number of amides is 2. The van der Waals surface area contributed by atoms with Crippen molar-refractivity contribution in [1.82, 2.24) is 10.2 Å². The predicted octanol–water partition coefficient (Wildman–Crippen LogP) is 2.03. The van der Waals surface area contributed by atoms with Crippen LogP contribution in [0.25, 0.3) is 6.08 Å². The quantitative estimate of drug-likeness (QED) is 0.414. The van der Waals surface area contributed by atoms with Crippen LogP contribution < -0.4 is 5.32 Å². The molecule has 2 aromatic carbocycles. The Balaban J connectivity index is 1.39. The molecule has 2 aromatic rings. The van der Waals surface area contributed by atoms with Gasteiger partial charge in [0.25, 0.3) is 0 Å². The maximum absolute atomic E-state index is 13.4. The molecule has 1 saturated heterocycles. The Bertz CT molecular complexity index is 1310. The average molecular weight is 533 g/mol. The van der Waals surface area contributed by atoms with Crippen molar-refractivity contribution in [1.29, 1.82) is 0 Å². The zero-order chi connectivity index (χ0) is 27.6. The molecule has 2 amide bonds. The molecule has 3 atom stereocenters. The van der Waals surface area contributed by atoms with E-state index in [1.807, 2.05) is 24.3 Å². The first-order chi connectivity index (χ1) is 18.8. The second kappa shape index (κ2) is 11.1. The van der Waals surface area contributed by atoms with Crippen LogP contribution in [0.1, 0.15) is 33.5 Å². The number of esters is 1. The number of benzene rings is 2. The minimum atomic E-state index is -0.898. The number of carbonyl (C=O) groups is 3. The van der Waals surface area contributed by atoms with E-state index in [4.69, 9.17) is 19.3 Å². The zero-order valence-electron chi connectivity index (χ0n) is 22.0. The summed E-state index contributed by atoms with van der Waals surface area (Å²) in [6.45, 7) is -0.0815. The lowest BCUT2D eigenvalue weighted by Crippen LogP contribution is -2.44. The molecule has 0 radical (unpaired) electrons. The molecule has 1 fully saturated rings. The Morgan fingerprint density at radius 1 is 1.08 bits per heavy atom. The second-order valence-corrected chi connectivity index (χ2v) is 10.2. The van der Waals surface area contributed by atoms with Gasteiger partial charge >= 0.3 is 5.97 Å². The molecule has 0 bridgehead atoms. The molecule has 1 spiro atoms. The molecule has 39 heavy (non-hydrogen) atoms. The maximum atomic E-state index is 13.4. The van der Waals surface area contributed by atoms with Crippen LogP contribution in [0.5, 0.6) is 0 Å². The van der Waals surface area contributed by atoms with E-state index in [2.05, 4.69) is 5.32 Å². The standard InChI is InChI=1S/C30H32N2O7/c1-32(2)26(34)12-11-19-7-5-6-10-23(19)29(36)37-24-15-22(28(35)31-13-14-33)16-25-27(24)39-30(38-25)17-20-8-3-4-9-21(20)18-30/h3-12,16,24-25,27,33H,13-15,17-18H2,1-2H3,(H,31,35)/t24-,25-,27+/m1/s1. The van der Waals surface area contributed by atoms with Gasteiger partial charge in [0.1, 0.15) is 18.3 Å². The molecule has 3 aliphatic rings. The second-order valence-electron chi connectivity index (χ2n) is 10.2. The molecule has 9 nitrogen and oxygen atoms in total. The summed E-state index contributed by atoms with van der Waals surface area (Å²) in [7, 11) is 3.29. The number of nitrogens with one attached hydrogen (secondary N) is 1. The molecule has 9 heteroatoms. The highest BCUT2D eigenvalue weighted by Crippen LogP contribution is 2.45.